The smallest absolute Gasteiger partial charge is 0.187 e. The van der Waals surface area contributed by atoms with Gasteiger partial charge in [-0.3, -0.25) is 0 Å². The van der Waals surface area contributed by atoms with Crippen LogP contribution in [0.2, 0.25) is 0 Å². The maximum Gasteiger partial charge on any atom is 0.187 e. The molecule has 2 heterocycles. The Balaban J connectivity index is 1.51. The Kier molecular flexibility index (Phi) is 4.63. The zero-order valence-electron chi connectivity index (χ0n) is 14.4. The van der Waals surface area contributed by atoms with Crippen LogP contribution in [0.5, 0.6) is 5.75 Å². The molecule has 0 aliphatic heterocycles. The minimum Gasteiger partial charge on any atom is -0.488 e. The second-order valence-corrected chi connectivity index (χ2v) is 10.5. The van der Waals surface area contributed by atoms with Gasteiger partial charge in [0.25, 0.3) is 0 Å². The Morgan fingerprint density at radius 3 is 2.04 bits per heavy atom. The second-order valence-electron chi connectivity index (χ2n) is 6.29. The first kappa shape index (κ1) is 17.2. The summed E-state index contributed by atoms with van der Waals surface area (Å²) >= 11 is 4.08. The van der Waals surface area contributed by atoms with E-state index >= 15 is 0 Å². The largest absolute Gasteiger partial charge is 0.488 e. The molecule has 5 rings (SSSR count). The minimum atomic E-state index is -0.0399. The molecule has 0 unspecified atom stereocenters. The van der Waals surface area contributed by atoms with Crippen molar-refractivity contribution in [2.45, 2.75) is 6.61 Å². The first-order chi connectivity index (χ1) is 13.3. The molecular formula is C23H16IOS2+. The summed E-state index contributed by atoms with van der Waals surface area (Å²) in [6.07, 6.45) is 0. The number of thiophene rings is 2. The van der Waals surface area contributed by atoms with Gasteiger partial charge in [-0.15, -0.1) is 11.3 Å². The lowest BCUT2D eigenvalue weighted by Crippen LogP contribution is -1.92. The fraction of sp³-hybridized carbons (Fsp3) is 0.0435. The van der Waals surface area contributed by atoms with Gasteiger partial charge in [-0.05, 0) is 65.1 Å². The highest BCUT2D eigenvalue weighted by Crippen LogP contribution is 2.48. The molecule has 27 heavy (non-hydrogen) atoms. The molecule has 0 saturated carbocycles. The first-order valence-electron chi connectivity index (χ1n) is 8.68. The van der Waals surface area contributed by atoms with Crippen LogP contribution in [-0.2, 0) is 6.61 Å². The van der Waals surface area contributed by atoms with Crippen molar-refractivity contribution in [3.05, 3.63) is 92.7 Å². The highest BCUT2D eigenvalue weighted by molar-refractivity contribution is 14.1. The number of rotatable bonds is 4. The topological polar surface area (TPSA) is 9.23 Å². The summed E-state index contributed by atoms with van der Waals surface area (Å²) < 4.78 is 10.1. The van der Waals surface area contributed by atoms with Crippen molar-refractivity contribution in [1.82, 2.24) is 0 Å². The van der Waals surface area contributed by atoms with Gasteiger partial charge >= 0.3 is 0 Å². The summed E-state index contributed by atoms with van der Waals surface area (Å²) in [5.41, 5.74) is 0. The Morgan fingerprint density at radius 2 is 1.44 bits per heavy atom. The van der Waals surface area contributed by atoms with E-state index in [1.807, 2.05) is 0 Å². The fourth-order valence-electron chi connectivity index (χ4n) is 3.36. The number of ether oxygens (including phenoxy) is 1. The minimum absolute atomic E-state index is 0.0399. The molecule has 0 fully saturated rings. The van der Waals surface area contributed by atoms with Crippen molar-refractivity contribution < 1.29 is 4.74 Å². The lowest BCUT2D eigenvalue weighted by Gasteiger charge is -2.04. The molecule has 132 valence electrons. The molecule has 0 radical (unpaired) electrons. The van der Waals surface area contributed by atoms with Gasteiger partial charge in [0.2, 0.25) is 0 Å². The normalized spacial score (nSPS) is 11.3. The van der Waals surface area contributed by atoms with Crippen LogP contribution in [0.15, 0.2) is 84.2 Å². The molecule has 2 aromatic heterocycles. The molecule has 0 saturated heterocycles. The van der Waals surface area contributed by atoms with Crippen molar-refractivity contribution >= 4 is 64.6 Å². The molecule has 0 spiro atoms. The van der Waals surface area contributed by atoms with E-state index in [1.54, 1.807) is 11.3 Å². The summed E-state index contributed by atoms with van der Waals surface area (Å²) in [7, 11) is -0.0399. The average molecular weight is 499 g/mol. The van der Waals surface area contributed by atoms with Crippen LogP contribution in [0.3, 0.4) is 0 Å². The van der Waals surface area contributed by atoms with Gasteiger partial charge in [-0.1, -0.05) is 24.3 Å². The summed E-state index contributed by atoms with van der Waals surface area (Å²) in [4.78, 5) is 2.59. The quantitative estimate of drug-likeness (QED) is 0.180. The lowest BCUT2D eigenvalue weighted by molar-refractivity contribution is 0.310. The van der Waals surface area contributed by atoms with Gasteiger partial charge in [-0.25, -0.2) is 0 Å². The molecule has 4 heteroatoms. The van der Waals surface area contributed by atoms with Gasteiger partial charge in [0.15, 0.2) is 14.3 Å². The summed E-state index contributed by atoms with van der Waals surface area (Å²) in [6, 6.07) is 28.4. The molecule has 3 aromatic carbocycles. The van der Waals surface area contributed by atoms with Gasteiger partial charge in [0.05, 0.1) is 0 Å². The molecule has 1 nitrogen and oxygen atoms in total. The van der Waals surface area contributed by atoms with Gasteiger partial charge < -0.3 is 4.74 Å². The predicted molar refractivity (Wildman–Crippen MR) is 127 cm³/mol. The third kappa shape index (κ3) is 3.26. The summed E-state index contributed by atoms with van der Waals surface area (Å²) in [5, 5.41) is 4.88. The van der Waals surface area contributed by atoms with E-state index in [4.69, 9.17) is 4.74 Å². The maximum atomic E-state index is 5.97. The van der Waals surface area contributed by atoms with Crippen LogP contribution >= 0.6 is 44.4 Å². The van der Waals surface area contributed by atoms with Crippen molar-refractivity contribution in [3.8, 4) is 10.6 Å². The van der Waals surface area contributed by atoms with Crippen LogP contribution in [0.1, 0.15) is 4.88 Å². The van der Waals surface area contributed by atoms with E-state index in [0.717, 1.165) is 5.75 Å². The Morgan fingerprint density at radius 1 is 0.815 bits per heavy atom. The Labute approximate surface area is 178 Å². The van der Waals surface area contributed by atoms with Crippen LogP contribution in [-0.4, -0.2) is 0 Å². The van der Waals surface area contributed by atoms with Crippen molar-refractivity contribution in [3.63, 3.8) is 0 Å². The second kappa shape index (κ2) is 7.26. The van der Waals surface area contributed by atoms with Crippen LogP contribution in [0, 0.1) is 3.57 Å². The number of fused-ring (bicyclic) bond motifs is 3. The highest BCUT2D eigenvalue weighted by atomic mass is 127. The van der Waals surface area contributed by atoms with E-state index in [9.17, 15) is 0 Å². The molecular weight excluding hydrogens is 483 g/mol. The van der Waals surface area contributed by atoms with Gasteiger partial charge in [-0.2, -0.15) is 0 Å². The Hall–Kier alpha value is -1.89. The molecule has 0 atom stereocenters. The molecule has 0 amide bonds. The summed E-state index contributed by atoms with van der Waals surface area (Å²) in [5.74, 6) is 0.923. The SMILES string of the molecule is Ic1csc(COc2ccc(-[s+]3c4ccccc4c4ccccc43)cc2)c1. The van der Waals surface area contributed by atoms with Crippen LogP contribution in [0.4, 0.5) is 0 Å². The van der Waals surface area contributed by atoms with Crippen molar-refractivity contribution in [2.75, 3.05) is 0 Å². The molecule has 0 aliphatic rings. The van der Waals surface area contributed by atoms with Crippen molar-refractivity contribution in [2.24, 2.45) is 0 Å². The molecule has 0 bridgehead atoms. The van der Waals surface area contributed by atoms with E-state index in [2.05, 4.69) is 107 Å². The van der Waals surface area contributed by atoms with E-state index in [-0.39, 0.29) is 10.5 Å². The number of benzene rings is 3. The predicted octanol–water partition coefficient (Wildman–Crippen LogP) is 7.98. The Bertz CT molecular complexity index is 1180. The zero-order chi connectivity index (χ0) is 18.2. The van der Waals surface area contributed by atoms with E-state index < -0.39 is 0 Å². The zero-order valence-corrected chi connectivity index (χ0v) is 18.2. The van der Waals surface area contributed by atoms with Gasteiger partial charge in [0.1, 0.15) is 12.4 Å². The van der Waals surface area contributed by atoms with E-state index in [1.165, 1.54) is 33.5 Å². The average Bonchev–Trinajstić information content (AvgIpc) is 3.28. The summed E-state index contributed by atoms with van der Waals surface area (Å²) in [6.45, 7) is 0.629. The number of hydrogen-bond donors (Lipinski definition) is 0. The standard InChI is InChI=1S/C23H16IOS2/c24-16-13-18(26-15-16)14-25-17-9-11-19(12-10-17)27-22-7-3-1-5-20(22)21-6-2-4-8-23(21)27/h1-13,15H,14H2/q+1. The highest BCUT2D eigenvalue weighted by Gasteiger charge is 2.22. The first-order valence-corrected chi connectivity index (χ1v) is 11.9. The van der Waals surface area contributed by atoms with Crippen molar-refractivity contribution in [1.29, 1.82) is 0 Å². The van der Waals surface area contributed by atoms with E-state index in [0.29, 0.717) is 6.61 Å². The lowest BCUT2D eigenvalue weighted by atomic mass is 10.2. The number of hydrogen-bond acceptors (Lipinski definition) is 2. The third-order valence-corrected chi connectivity index (χ3v) is 8.86. The molecule has 0 N–H and O–H groups in total. The molecule has 5 aromatic rings. The van der Waals surface area contributed by atoms with Crippen LogP contribution in [0.25, 0.3) is 25.1 Å². The maximum absolute atomic E-state index is 5.97. The molecule has 0 aliphatic carbocycles. The monoisotopic (exact) mass is 499 g/mol. The van der Waals surface area contributed by atoms with Crippen LogP contribution < -0.4 is 4.74 Å². The fourth-order valence-corrected chi connectivity index (χ4v) is 7.36. The number of halogens is 1. The van der Waals surface area contributed by atoms with Gasteiger partial charge in [0, 0.05) is 47.2 Å². The third-order valence-electron chi connectivity index (χ3n) is 4.57.